The molecule has 1 aromatic heterocycles. The van der Waals surface area contributed by atoms with Crippen molar-refractivity contribution < 1.29 is 0 Å². The van der Waals surface area contributed by atoms with E-state index >= 15 is 0 Å². The van der Waals surface area contributed by atoms with E-state index in [4.69, 9.17) is 5.10 Å². The minimum atomic E-state index is 0.702. The molecule has 152 valence electrons. The smallest absolute Gasteiger partial charge is 0.0641 e. The highest BCUT2D eigenvalue weighted by atomic mass is 15.3. The summed E-state index contributed by atoms with van der Waals surface area (Å²) in [7, 11) is 0. The number of piperidine rings is 1. The van der Waals surface area contributed by atoms with Crippen LogP contribution in [0.5, 0.6) is 0 Å². The van der Waals surface area contributed by atoms with Crippen molar-refractivity contribution in [1.29, 1.82) is 0 Å². The zero-order chi connectivity index (χ0) is 19.5. The van der Waals surface area contributed by atoms with Crippen LogP contribution in [0, 0.1) is 13.8 Å². The summed E-state index contributed by atoms with van der Waals surface area (Å²) in [5.74, 6) is 0. The lowest BCUT2D eigenvalue weighted by molar-refractivity contribution is 0.0885. The minimum Gasteiger partial charge on any atom is -0.369 e. The molecule has 4 rings (SSSR count). The number of hydrogen-bond donors (Lipinski definition) is 0. The van der Waals surface area contributed by atoms with E-state index in [-0.39, 0.29) is 0 Å². The van der Waals surface area contributed by atoms with E-state index in [2.05, 4.69) is 70.5 Å². The molecule has 0 radical (unpaired) electrons. The van der Waals surface area contributed by atoms with E-state index in [0.717, 1.165) is 26.2 Å². The predicted molar refractivity (Wildman–Crippen MR) is 116 cm³/mol. The van der Waals surface area contributed by atoms with E-state index in [9.17, 15) is 0 Å². The fourth-order valence-corrected chi connectivity index (χ4v) is 4.95. The monoisotopic (exact) mass is 381 g/mol. The van der Waals surface area contributed by atoms with Crippen LogP contribution in [0.15, 0.2) is 30.3 Å². The van der Waals surface area contributed by atoms with Gasteiger partial charge in [0.05, 0.1) is 5.69 Å². The molecule has 2 aromatic rings. The number of aryl methyl sites for hydroxylation is 2. The van der Waals surface area contributed by atoms with Crippen molar-refractivity contribution in [1.82, 2.24) is 19.6 Å². The number of nitrogens with zero attached hydrogens (tertiary/aromatic N) is 5. The second-order valence-corrected chi connectivity index (χ2v) is 8.35. The van der Waals surface area contributed by atoms with Gasteiger partial charge in [0, 0.05) is 68.8 Å². The SMILES string of the molecule is CCn1nc(C)c(CN2CCCC(N3CCN(c4ccccc4)CC3)C2)c1C. The average Bonchev–Trinajstić information content (AvgIpc) is 3.02. The van der Waals surface area contributed by atoms with Crippen molar-refractivity contribution in [3.8, 4) is 0 Å². The van der Waals surface area contributed by atoms with Gasteiger partial charge in [0.25, 0.3) is 0 Å². The van der Waals surface area contributed by atoms with Crippen LogP contribution in [-0.2, 0) is 13.1 Å². The van der Waals surface area contributed by atoms with Crippen molar-refractivity contribution >= 4 is 5.69 Å². The first-order valence-electron chi connectivity index (χ1n) is 10.9. The molecule has 1 aromatic carbocycles. The van der Waals surface area contributed by atoms with Gasteiger partial charge in [0.1, 0.15) is 0 Å². The Balaban J connectivity index is 1.34. The van der Waals surface area contributed by atoms with Crippen LogP contribution in [-0.4, -0.2) is 64.9 Å². The third kappa shape index (κ3) is 4.11. The summed E-state index contributed by atoms with van der Waals surface area (Å²) in [6.07, 6.45) is 2.65. The molecule has 3 heterocycles. The Labute approximate surface area is 169 Å². The number of benzene rings is 1. The molecule has 1 unspecified atom stereocenters. The van der Waals surface area contributed by atoms with Gasteiger partial charge in [-0.3, -0.25) is 14.5 Å². The highest BCUT2D eigenvalue weighted by Gasteiger charge is 2.29. The van der Waals surface area contributed by atoms with Gasteiger partial charge in [-0.15, -0.1) is 0 Å². The highest BCUT2D eigenvalue weighted by Crippen LogP contribution is 2.23. The molecule has 0 N–H and O–H groups in total. The fourth-order valence-electron chi connectivity index (χ4n) is 4.95. The Morgan fingerprint density at radius 1 is 1.00 bits per heavy atom. The van der Waals surface area contributed by atoms with Gasteiger partial charge >= 0.3 is 0 Å². The standard InChI is InChI=1S/C23H35N5/c1-4-28-20(3)23(19(2)24-28)18-25-12-8-11-22(17-25)27-15-13-26(14-16-27)21-9-6-5-7-10-21/h5-7,9-10,22H,4,8,11-18H2,1-3H3. The molecule has 1 atom stereocenters. The Hall–Kier alpha value is -1.85. The number of hydrogen-bond acceptors (Lipinski definition) is 4. The molecule has 5 heteroatoms. The molecule has 0 saturated carbocycles. The number of aromatic nitrogens is 2. The third-order valence-corrected chi connectivity index (χ3v) is 6.65. The van der Waals surface area contributed by atoms with Crippen LogP contribution in [0.1, 0.15) is 36.7 Å². The van der Waals surface area contributed by atoms with Crippen molar-refractivity contribution in [2.24, 2.45) is 0 Å². The summed E-state index contributed by atoms with van der Waals surface area (Å²) in [5, 5.41) is 4.71. The van der Waals surface area contributed by atoms with Crippen molar-refractivity contribution in [2.75, 3.05) is 44.2 Å². The fraction of sp³-hybridized carbons (Fsp3) is 0.609. The molecule has 5 nitrogen and oxygen atoms in total. The largest absolute Gasteiger partial charge is 0.369 e. The van der Waals surface area contributed by atoms with Crippen LogP contribution in [0.2, 0.25) is 0 Å². The van der Waals surface area contributed by atoms with E-state index < -0.39 is 0 Å². The summed E-state index contributed by atoms with van der Waals surface area (Å²) < 4.78 is 2.15. The Morgan fingerprint density at radius 3 is 2.43 bits per heavy atom. The zero-order valence-corrected chi connectivity index (χ0v) is 17.8. The van der Waals surface area contributed by atoms with Gasteiger partial charge in [-0.05, 0) is 52.3 Å². The molecule has 2 saturated heterocycles. The first-order valence-corrected chi connectivity index (χ1v) is 10.9. The quantitative estimate of drug-likeness (QED) is 0.794. The number of rotatable bonds is 5. The lowest BCUT2D eigenvalue weighted by Gasteiger charge is -2.44. The van der Waals surface area contributed by atoms with Crippen molar-refractivity contribution in [2.45, 2.75) is 52.7 Å². The summed E-state index contributed by atoms with van der Waals surface area (Å²) in [5.41, 5.74) is 5.36. The van der Waals surface area contributed by atoms with Crippen molar-refractivity contribution in [3.05, 3.63) is 47.3 Å². The summed E-state index contributed by atoms with van der Waals surface area (Å²) in [6, 6.07) is 11.6. The molecule has 28 heavy (non-hydrogen) atoms. The third-order valence-electron chi connectivity index (χ3n) is 6.65. The number of para-hydroxylation sites is 1. The predicted octanol–water partition coefficient (Wildman–Crippen LogP) is 3.31. The molecule has 2 fully saturated rings. The van der Waals surface area contributed by atoms with Gasteiger partial charge in [-0.25, -0.2) is 0 Å². The highest BCUT2D eigenvalue weighted by molar-refractivity contribution is 5.46. The van der Waals surface area contributed by atoms with Crippen LogP contribution < -0.4 is 4.90 Å². The number of piperazine rings is 1. The summed E-state index contributed by atoms with van der Waals surface area (Å²) >= 11 is 0. The second-order valence-electron chi connectivity index (χ2n) is 8.35. The van der Waals surface area contributed by atoms with E-state index in [1.54, 1.807) is 0 Å². The molecule has 2 aliphatic heterocycles. The molecule has 0 spiro atoms. The van der Waals surface area contributed by atoms with Crippen LogP contribution in [0.25, 0.3) is 0 Å². The number of likely N-dealkylation sites (tertiary alicyclic amines) is 1. The minimum absolute atomic E-state index is 0.702. The van der Waals surface area contributed by atoms with Gasteiger partial charge in [0.2, 0.25) is 0 Å². The van der Waals surface area contributed by atoms with Crippen molar-refractivity contribution in [3.63, 3.8) is 0 Å². The topological polar surface area (TPSA) is 27.5 Å². The Kier molecular flexibility index (Phi) is 6.02. The molecular formula is C23H35N5. The van der Waals surface area contributed by atoms with Gasteiger partial charge in [0.15, 0.2) is 0 Å². The molecule has 0 bridgehead atoms. The molecule has 0 amide bonds. The maximum atomic E-state index is 4.71. The Bertz CT molecular complexity index is 761. The van der Waals surface area contributed by atoms with E-state index in [0.29, 0.717) is 6.04 Å². The lowest BCUT2D eigenvalue weighted by atomic mass is 10.0. The van der Waals surface area contributed by atoms with Crippen LogP contribution in [0.3, 0.4) is 0 Å². The second kappa shape index (κ2) is 8.66. The summed E-state index contributed by atoms with van der Waals surface area (Å²) in [6.45, 7) is 15.6. The van der Waals surface area contributed by atoms with Crippen LogP contribution >= 0.6 is 0 Å². The zero-order valence-electron chi connectivity index (χ0n) is 17.8. The average molecular weight is 382 g/mol. The van der Waals surface area contributed by atoms with E-state index in [1.807, 2.05) is 0 Å². The molecular weight excluding hydrogens is 346 g/mol. The lowest BCUT2D eigenvalue weighted by Crippen LogP contribution is -2.55. The summed E-state index contributed by atoms with van der Waals surface area (Å²) in [4.78, 5) is 7.93. The molecule has 2 aliphatic rings. The first kappa shape index (κ1) is 19.5. The van der Waals surface area contributed by atoms with Gasteiger partial charge in [-0.2, -0.15) is 5.10 Å². The van der Waals surface area contributed by atoms with Crippen LogP contribution in [0.4, 0.5) is 5.69 Å². The maximum Gasteiger partial charge on any atom is 0.0641 e. The Morgan fingerprint density at radius 2 is 1.75 bits per heavy atom. The first-order chi connectivity index (χ1) is 13.7. The normalized spacial score (nSPS) is 22.0. The van der Waals surface area contributed by atoms with E-state index in [1.165, 1.54) is 61.7 Å². The van der Waals surface area contributed by atoms with Gasteiger partial charge in [-0.1, -0.05) is 18.2 Å². The van der Waals surface area contributed by atoms with Gasteiger partial charge < -0.3 is 4.90 Å². The maximum absolute atomic E-state index is 4.71. The molecule has 0 aliphatic carbocycles. The number of anilines is 1.